The molecular formula is C10H14O2. The fourth-order valence-electron chi connectivity index (χ4n) is 1.61. The van der Waals surface area contributed by atoms with Crippen LogP contribution in [0.5, 0.6) is 0 Å². The predicted octanol–water partition coefficient (Wildman–Crippen LogP) is 1.89. The third kappa shape index (κ3) is 2.03. The van der Waals surface area contributed by atoms with Crippen LogP contribution in [0.25, 0.3) is 0 Å². The standard InChI is InChI=1S/C10H14O2/c1-2-5-9(11)8-6-3-4-7-10(8)12/h2,8H,1,3-7H2. The number of carbonyl (C=O) groups is 2. The molecule has 0 saturated heterocycles. The number of carbonyl (C=O) groups excluding carboxylic acids is 2. The third-order valence-electron chi connectivity index (χ3n) is 2.29. The lowest BCUT2D eigenvalue weighted by Gasteiger charge is -2.18. The summed E-state index contributed by atoms with van der Waals surface area (Å²) >= 11 is 0. The number of Topliss-reactive ketones (excluding diaryl/α,β-unsaturated/α-hetero) is 2. The van der Waals surface area contributed by atoms with Crippen LogP contribution in [0.2, 0.25) is 0 Å². The van der Waals surface area contributed by atoms with Gasteiger partial charge in [-0.2, -0.15) is 0 Å². The maximum Gasteiger partial charge on any atom is 0.147 e. The Morgan fingerprint density at radius 3 is 2.92 bits per heavy atom. The Balaban J connectivity index is 2.53. The van der Waals surface area contributed by atoms with Crippen LogP contribution in [0.4, 0.5) is 0 Å². The van der Waals surface area contributed by atoms with Gasteiger partial charge >= 0.3 is 0 Å². The first-order valence-corrected chi connectivity index (χ1v) is 4.42. The predicted molar refractivity (Wildman–Crippen MR) is 46.8 cm³/mol. The number of allylic oxidation sites excluding steroid dienone is 1. The molecule has 1 rings (SSSR count). The van der Waals surface area contributed by atoms with E-state index < -0.39 is 0 Å². The number of hydrogen-bond donors (Lipinski definition) is 0. The maximum atomic E-state index is 11.3. The maximum absolute atomic E-state index is 11.3. The summed E-state index contributed by atoms with van der Waals surface area (Å²) in [7, 11) is 0. The molecule has 0 aliphatic heterocycles. The van der Waals surface area contributed by atoms with E-state index in [0.717, 1.165) is 19.3 Å². The van der Waals surface area contributed by atoms with E-state index >= 15 is 0 Å². The summed E-state index contributed by atoms with van der Waals surface area (Å²) in [5, 5.41) is 0. The summed E-state index contributed by atoms with van der Waals surface area (Å²) in [6.07, 6.45) is 5.23. The summed E-state index contributed by atoms with van der Waals surface area (Å²) in [6.45, 7) is 3.49. The van der Waals surface area contributed by atoms with Crippen LogP contribution < -0.4 is 0 Å². The lowest BCUT2D eigenvalue weighted by molar-refractivity contribution is -0.133. The van der Waals surface area contributed by atoms with Crippen molar-refractivity contribution >= 4 is 11.6 Å². The average Bonchev–Trinajstić information content (AvgIpc) is 2.05. The molecule has 1 aliphatic carbocycles. The molecule has 0 amide bonds. The Morgan fingerprint density at radius 1 is 1.58 bits per heavy atom. The number of rotatable bonds is 3. The van der Waals surface area contributed by atoms with Crippen molar-refractivity contribution < 1.29 is 9.59 Å². The zero-order valence-corrected chi connectivity index (χ0v) is 7.21. The summed E-state index contributed by atoms with van der Waals surface area (Å²) in [6, 6.07) is 0. The van der Waals surface area contributed by atoms with Crippen LogP contribution in [0, 0.1) is 5.92 Å². The Morgan fingerprint density at radius 2 is 2.33 bits per heavy atom. The molecule has 1 atom stereocenters. The summed E-state index contributed by atoms with van der Waals surface area (Å²) in [4.78, 5) is 22.6. The summed E-state index contributed by atoms with van der Waals surface area (Å²) < 4.78 is 0. The highest BCUT2D eigenvalue weighted by Crippen LogP contribution is 2.22. The zero-order chi connectivity index (χ0) is 8.97. The molecule has 0 spiro atoms. The molecule has 0 N–H and O–H groups in total. The molecule has 0 aromatic heterocycles. The van der Waals surface area contributed by atoms with Crippen molar-refractivity contribution in [1.29, 1.82) is 0 Å². The van der Waals surface area contributed by atoms with Crippen molar-refractivity contribution in [3.8, 4) is 0 Å². The van der Waals surface area contributed by atoms with Gasteiger partial charge in [0.1, 0.15) is 11.6 Å². The number of hydrogen-bond acceptors (Lipinski definition) is 2. The largest absolute Gasteiger partial charge is 0.299 e. The molecule has 1 fully saturated rings. The van der Waals surface area contributed by atoms with Crippen molar-refractivity contribution in [3.63, 3.8) is 0 Å². The van der Waals surface area contributed by atoms with E-state index in [-0.39, 0.29) is 17.5 Å². The average molecular weight is 166 g/mol. The first-order valence-electron chi connectivity index (χ1n) is 4.42. The molecule has 2 nitrogen and oxygen atoms in total. The minimum atomic E-state index is -0.309. The highest BCUT2D eigenvalue weighted by Gasteiger charge is 2.27. The van der Waals surface area contributed by atoms with Gasteiger partial charge in [-0.15, -0.1) is 6.58 Å². The van der Waals surface area contributed by atoms with Crippen molar-refractivity contribution in [2.75, 3.05) is 0 Å². The monoisotopic (exact) mass is 166 g/mol. The molecule has 0 bridgehead atoms. The molecule has 0 radical (unpaired) electrons. The van der Waals surface area contributed by atoms with Crippen molar-refractivity contribution in [3.05, 3.63) is 12.7 Å². The van der Waals surface area contributed by atoms with E-state index in [9.17, 15) is 9.59 Å². The SMILES string of the molecule is C=CCC(=O)C1CCCCC1=O. The van der Waals surface area contributed by atoms with E-state index in [1.807, 2.05) is 0 Å². The first kappa shape index (κ1) is 9.17. The van der Waals surface area contributed by atoms with Gasteiger partial charge in [0, 0.05) is 12.8 Å². The van der Waals surface area contributed by atoms with Crippen LogP contribution in [0.3, 0.4) is 0 Å². The van der Waals surface area contributed by atoms with E-state index in [2.05, 4.69) is 6.58 Å². The van der Waals surface area contributed by atoms with Crippen LogP contribution in [0.1, 0.15) is 32.1 Å². The highest BCUT2D eigenvalue weighted by molar-refractivity contribution is 6.03. The van der Waals surface area contributed by atoms with Gasteiger partial charge in [0.25, 0.3) is 0 Å². The van der Waals surface area contributed by atoms with Gasteiger partial charge in [-0.3, -0.25) is 9.59 Å². The Hall–Kier alpha value is -0.920. The van der Waals surface area contributed by atoms with Gasteiger partial charge in [0.2, 0.25) is 0 Å². The van der Waals surface area contributed by atoms with Gasteiger partial charge in [-0.25, -0.2) is 0 Å². The van der Waals surface area contributed by atoms with E-state index in [0.29, 0.717) is 12.8 Å². The molecule has 0 aromatic rings. The molecule has 2 heteroatoms. The highest BCUT2D eigenvalue weighted by atomic mass is 16.1. The molecule has 12 heavy (non-hydrogen) atoms. The summed E-state index contributed by atoms with van der Waals surface area (Å²) in [5.74, 6) is -0.125. The van der Waals surface area contributed by atoms with Crippen LogP contribution >= 0.6 is 0 Å². The van der Waals surface area contributed by atoms with Gasteiger partial charge in [-0.1, -0.05) is 12.5 Å². The molecule has 1 unspecified atom stereocenters. The van der Waals surface area contributed by atoms with Gasteiger partial charge in [0.05, 0.1) is 5.92 Å². The minimum absolute atomic E-state index is 0.0506. The van der Waals surface area contributed by atoms with E-state index in [1.54, 1.807) is 6.08 Å². The van der Waals surface area contributed by atoms with E-state index in [1.165, 1.54) is 0 Å². The van der Waals surface area contributed by atoms with Crippen molar-refractivity contribution in [2.45, 2.75) is 32.1 Å². The Bertz CT molecular complexity index is 206. The number of ketones is 2. The van der Waals surface area contributed by atoms with Crippen molar-refractivity contribution in [1.82, 2.24) is 0 Å². The van der Waals surface area contributed by atoms with Crippen molar-refractivity contribution in [2.24, 2.45) is 5.92 Å². The van der Waals surface area contributed by atoms with Gasteiger partial charge in [0.15, 0.2) is 0 Å². The Kier molecular flexibility index (Phi) is 3.20. The summed E-state index contributed by atoms with van der Waals surface area (Å²) in [5.41, 5.74) is 0. The second kappa shape index (κ2) is 4.19. The minimum Gasteiger partial charge on any atom is -0.299 e. The second-order valence-corrected chi connectivity index (χ2v) is 3.22. The second-order valence-electron chi connectivity index (χ2n) is 3.22. The molecule has 0 aromatic carbocycles. The van der Waals surface area contributed by atoms with Crippen LogP contribution in [-0.2, 0) is 9.59 Å². The van der Waals surface area contributed by atoms with Gasteiger partial charge in [-0.05, 0) is 12.8 Å². The first-order chi connectivity index (χ1) is 5.75. The zero-order valence-electron chi connectivity index (χ0n) is 7.21. The molecule has 1 aliphatic rings. The smallest absolute Gasteiger partial charge is 0.147 e. The Labute approximate surface area is 72.7 Å². The van der Waals surface area contributed by atoms with Gasteiger partial charge < -0.3 is 0 Å². The topological polar surface area (TPSA) is 34.1 Å². The normalized spacial score (nSPS) is 23.7. The van der Waals surface area contributed by atoms with E-state index in [4.69, 9.17) is 0 Å². The quantitative estimate of drug-likeness (QED) is 0.474. The molecule has 0 heterocycles. The lowest BCUT2D eigenvalue weighted by atomic mass is 9.84. The molecular weight excluding hydrogens is 152 g/mol. The van der Waals surface area contributed by atoms with Crippen LogP contribution in [0.15, 0.2) is 12.7 Å². The fraction of sp³-hybridized carbons (Fsp3) is 0.600. The lowest BCUT2D eigenvalue weighted by Crippen LogP contribution is -2.26. The fourth-order valence-corrected chi connectivity index (χ4v) is 1.61. The molecule has 1 saturated carbocycles. The third-order valence-corrected chi connectivity index (χ3v) is 2.29. The van der Waals surface area contributed by atoms with Crippen LogP contribution in [-0.4, -0.2) is 11.6 Å². The molecule has 66 valence electrons.